The molecule has 11 heavy (non-hydrogen) atoms. The van der Waals surface area contributed by atoms with Crippen LogP contribution in [-0.4, -0.2) is 40.4 Å². The van der Waals surface area contributed by atoms with Crippen LogP contribution in [0.1, 0.15) is 19.3 Å². The van der Waals surface area contributed by atoms with Gasteiger partial charge in [0.05, 0.1) is 6.73 Å². The van der Waals surface area contributed by atoms with Crippen molar-refractivity contribution in [2.75, 3.05) is 13.3 Å². The second kappa shape index (κ2) is 3.69. The third-order valence-electron chi connectivity index (χ3n) is 2.08. The molecule has 1 saturated heterocycles. The summed E-state index contributed by atoms with van der Waals surface area (Å²) in [5, 5.41) is 17.5. The number of carbonyl (C=O) groups is 1. The molecule has 4 heteroatoms. The molecule has 2 N–H and O–H groups in total. The Morgan fingerprint density at radius 1 is 1.55 bits per heavy atom. The van der Waals surface area contributed by atoms with Crippen LogP contribution in [0.5, 0.6) is 0 Å². The third kappa shape index (κ3) is 1.91. The molecule has 0 saturated carbocycles. The van der Waals surface area contributed by atoms with Gasteiger partial charge in [-0.05, 0) is 12.8 Å². The summed E-state index contributed by atoms with van der Waals surface area (Å²) < 4.78 is 0. The lowest BCUT2D eigenvalue weighted by Gasteiger charge is -2.30. The highest BCUT2D eigenvalue weighted by Crippen LogP contribution is 2.15. The first-order valence-electron chi connectivity index (χ1n) is 3.83. The van der Waals surface area contributed by atoms with Crippen LogP contribution in [0.2, 0.25) is 0 Å². The number of hydrogen-bond donors (Lipinski definition) is 2. The number of aliphatic hydroxyl groups excluding tert-OH is 1. The highest BCUT2D eigenvalue weighted by molar-refractivity contribution is 5.73. The molecule has 4 nitrogen and oxygen atoms in total. The number of rotatable bonds is 2. The van der Waals surface area contributed by atoms with Gasteiger partial charge < -0.3 is 10.2 Å². The molecular weight excluding hydrogens is 146 g/mol. The lowest BCUT2D eigenvalue weighted by Crippen LogP contribution is -2.44. The molecule has 1 heterocycles. The van der Waals surface area contributed by atoms with Crippen molar-refractivity contribution in [3.63, 3.8) is 0 Å². The van der Waals surface area contributed by atoms with Gasteiger partial charge in [-0.25, -0.2) is 0 Å². The smallest absolute Gasteiger partial charge is 0.320 e. The number of piperidine rings is 1. The van der Waals surface area contributed by atoms with Crippen molar-refractivity contribution in [1.29, 1.82) is 0 Å². The highest BCUT2D eigenvalue weighted by atomic mass is 16.4. The molecule has 1 fully saturated rings. The number of carboxylic acids is 1. The van der Waals surface area contributed by atoms with E-state index >= 15 is 0 Å². The Bertz CT molecular complexity index is 149. The molecule has 0 aliphatic carbocycles. The van der Waals surface area contributed by atoms with Gasteiger partial charge in [0, 0.05) is 6.54 Å². The van der Waals surface area contributed by atoms with Gasteiger partial charge in [-0.1, -0.05) is 6.42 Å². The monoisotopic (exact) mass is 159 g/mol. The van der Waals surface area contributed by atoms with E-state index in [9.17, 15) is 4.79 Å². The van der Waals surface area contributed by atoms with Crippen LogP contribution in [0, 0.1) is 0 Å². The van der Waals surface area contributed by atoms with Gasteiger partial charge in [-0.15, -0.1) is 0 Å². The van der Waals surface area contributed by atoms with Crippen molar-refractivity contribution >= 4 is 5.97 Å². The zero-order chi connectivity index (χ0) is 8.27. The highest BCUT2D eigenvalue weighted by Gasteiger charge is 2.27. The molecule has 1 rings (SSSR count). The summed E-state index contributed by atoms with van der Waals surface area (Å²) in [6.07, 6.45) is 2.60. The van der Waals surface area contributed by atoms with Gasteiger partial charge in [0.15, 0.2) is 0 Å². The minimum atomic E-state index is -0.821. The van der Waals surface area contributed by atoms with Gasteiger partial charge in [0.2, 0.25) is 0 Å². The van der Waals surface area contributed by atoms with Crippen LogP contribution in [-0.2, 0) is 4.79 Å². The summed E-state index contributed by atoms with van der Waals surface area (Å²) >= 11 is 0. The van der Waals surface area contributed by atoms with Crippen molar-refractivity contribution in [3.05, 3.63) is 0 Å². The lowest BCUT2D eigenvalue weighted by molar-refractivity contribution is -0.146. The summed E-state index contributed by atoms with van der Waals surface area (Å²) in [7, 11) is 0. The van der Waals surface area contributed by atoms with E-state index in [4.69, 9.17) is 10.2 Å². The molecule has 64 valence electrons. The normalized spacial score (nSPS) is 26.8. The summed E-state index contributed by atoms with van der Waals surface area (Å²) in [4.78, 5) is 12.2. The summed E-state index contributed by atoms with van der Waals surface area (Å²) in [5.74, 6) is -0.821. The van der Waals surface area contributed by atoms with Crippen LogP contribution >= 0.6 is 0 Å². The Morgan fingerprint density at radius 2 is 2.27 bits per heavy atom. The average Bonchev–Trinajstić information content (AvgIpc) is 2.04. The van der Waals surface area contributed by atoms with Gasteiger partial charge in [0.1, 0.15) is 6.04 Å². The Hall–Kier alpha value is -0.610. The molecule has 0 aromatic carbocycles. The molecule has 1 aliphatic rings. The molecule has 0 radical (unpaired) electrons. The SMILES string of the molecule is O=C(O)C1CCCCN1CO. The first-order valence-corrected chi connectivity index (χ1v) is 3.83. The number of aliphatic hydroxyl groups is 1. The molecule has 0 aromatic rings. The van der Waals surface area contributed by atoms with Gasteiger partial charge in [0.25, 0.3) is 0 Å². The van der Waals surface area contributed by atoms with Crippen LogP contribution in [0.3, 0.4) is 0 Å². The Balaban J connectivity index is 2.51. The van der Waals surface area contributed by atoms with E-state index < -0.39 is 12.0 Å². The maximum atomic E-state index is 10.6. The predicted octanol–water partition coefficient (Wildman–Crippen LogP) is -0.125. The number of aliphatic carboxylic acids is 1. The second-order valence-electron chi connectivity index (χ2n) is 2.80. The maximum absolute atomic E-state index is 10.6. The van der Waals surface area contributed by atoms with E-state index in [0.29, 0.717) is 13.0 Å². The van der Waals surface area contributed by atoms with E-state index in [-0.39, 0.29) is 6.73 Å². The first-order chi connectivity index (χ1) is 5.25. The summed E-state index contributed by atoms with van der Waals surface area (Å²) in [6, 6.07) is -0.464. The van der Waals surface area contributed by atoms with Crippen LogP contribution in [0.25, 0.3) is 0 Å². The van der Waals surface area contributed by atoms with E-state index in [2.05, 4.69) is 0 Å². The van der Waals surface area contributed by atoms with Crippen LogP contribution < -0.4 is 0 Å². The molecule has 0 amide bonds. The van der Waals surface area contributed by atoms with E-state index in [1.165, 1.54) is 0 Å². The van der Waals surface area contributed by atoms with Crippen molar-refractivity contribution in [2.24, 2.45) is 0 Å². The number of carboxylic acid groups (broad SMARTS) is 1. The van der Waals surface area contributed by atoms with Crippen LogP contribution in [0.4, 0.5) is 0 Å². The fourth-order valence-corrected chi connectivity index (χ4v) is 1.44. The Kier molecular flexibility index (Phi) is 2.84. The molecule has 0 bridgehead atoms. The molecule has 1 atom stereocenters. The van der Waals surface area contributed by atoms with E-state index in [1.54, 1.807) is 4.90 Å². The van der Waals surface area contributed by atoms with Crippen LogP contribution in [0.15, 0.2) is 0 Å². The minimum absolute atomic E-state index is 0.142. The molecular formula is C7H13NO3. The summed E-state index contributed by atoms with van der Waals surface area (Å²) in [6.45, 7) is 0.560. The van der Waals surface area contributed by atoms with E-state index in [0.717, 1.165) is 12.8 Å². The van der Waals surface area contributed by atoms with Crippen molar-refractivity contribution in [2.45, 2.75) is 25.3 Å². The van der Waals surface area contributed by atoms with Gasteiger partial charge in [-0.2, -0.15) is 0 Å². The number of nitrogens with zero attached hydrogens (tertiary/aromatic N) is 1. The topological polar surface area (TPSA) is 60.8 Å². The number of likely N-dealkylation sites (tertiary alicyclic amines) is 1. The standard InChI is InChI=1S/C7H13NO3/c9-5-8-4-2-1-3-6(8)7(10)11/h6,9H,1-5H2,(H,10,11). The average molecular weight is 159 g/mol. The maximum Gasteiger partial charge on any atom is 0.320 e. The molecule has 0 spiro atoms. The quantitative estimate of drug-likeness (QED) is 0.589. The van der Waals surface area contributed by atoms with Gasteiger partial charge in [-0.3, -0.25) is 9.69 Å². The fraction of sp³-hybridized carbons (Fsp3) is 0.857. The number of hydrogen-bond acceptors (Lipinski definition) is 3. The van der Waals surface area contributed by atoms with Crippen molar-refractivity contribution in [3.8, 4) is 0 Å². The van der Waals surface area contributed by atoms with E-state index in [1.807, 2.05) is 0 Å². The summed E-state index contributed by atoms with van der Waals surface area (Å²) in [5.41, 5.74) is 0. The lowest BCUT2D eigenvalue weighted by atomic mass is 10.0. The zero-order valence-corrected chi connectivity index (χ0v) is 6.36. The molecule has 0 aromatic heterocycles. The minimum Gasteiger partial charge on any atom is -0.480 e. The first kappa shape index (κ1) is 8.49. The van der Waals surface area contributed by atoms with Crippen molar-refractivity contribution < 1.29 is 15.0 Å². The van der Waals surface area contributed by atoms with Gasteiger partial charge >= 0.3 is 5.97 Å². The third-order valence-corrected chi connectivity index (χ3v) is 2.08. The second-order valence-corrected chi connectivity index (χ2v) is 2.80. The Labute approximate surface area is 65.4 Å². The molecule has 1 unspecified atom stereocenters. The predicted molar refractivity (Wildman–Crippen MR) is 39.1 cm³/mol. The largest absolute Gasteiger partial charge is 0.480 e. The Morgan fingerprint density at radius 3 is 2.73 bits per heavy atom. The fourth-order valence-electron chi connectivity index (χ4n) is 1.44. The molecule has 1 aliphatic heterocycles. The zero-order valence-electron chi connectivity index (χ0n) is 6.36. The van der Waals surface area contributed by atoms with Crippen molar-refractivity contribution in [1.82, 2.24) is 4.90 Å².